The maximum atomic E-state index is 3.93. The maximum Gasteiger partial charge on any atom is 0.0782 e. The van der Waals surface area contributed by atoms with E-state index in [9.17, 15) is 0 Å². The van der Waals surface area contributed by atoms with Crippen LogP contribution in [0, 0.1) is 0 Å². The summed E-state index contributed by atoms with van der Waals surface area (Å²) in [6, 6.07) is 10.8. The molecule has 0 aliphatic rings. The molecule has 0 bridgehead atoms. The lowest BCUT2D eigenvalue weighted by Gasteiger charge is -2.13. The van der Waals surface area contributed by atoms with Gasteiger partial charge in [-0.3, -0.25) is 0 Å². The van der Waals surface area contributed by atoms with E-state index in [1.54, 1.807) is 0 Å². The smallest absolute Gasteiger partial charge is 0.0782 e. The van der Waals surface area contributed by atoms with Gasteiger partial charge in [0.25, 0.3) is 0 Å². The molecule has 0 saturated carbocycles. The van der Waals surface area contributed by atoms with Crippen LogP contribution in [0.15, 0.2) is 30.3 Å². The lowest BCUT2D eigenvalue weighted by molar-refractivity contribution is -0.361. The molecule has 1 aromatic rings. The third-order valence-corrected chi connectivity index (χ3v) is 4.72. The van der Waals surface area contributed by atoms with Gasteiger partial charge in [-0.25, -0.2) is 0 Å². The monoisotopic (exact) mass is 198 g/mol. The van der Waals surface area contributed by atoms with Crippen LogP contribution >= 0.6 is 7.92 Å². The normalized spacial score (nSPS) is 10.7. The van der Waals surface area contributed by atoms with E-state index in [2.05, 4.69) is 41.8 Å². The Labute approximate surface area is 81.1 Å². The van der Waals surface area contributed by atoms with Crippen molar-refractivity contribution >= 4 is 13.2 Å². The second-order valence-corrected chi connectivity index (χ2v) is 5.52. The highest BCUT2D eigenvalue weighted by Gasteiger charge is 2.09. The number of benzene rings is 1. The summed E-state index contributed by atoms with van der Waals surface area (Å²) in [6.07, 6.45) is 2.49. The zero-order valence-corrected chi connectivity index (χ0v) is 8.97. The van der Waals surface area contributed by atoms with Crippen molar-refractivity contribution in [3.63, 3.8) is 0 Å². The highest BCUT2D eigenvalue weighted by molar-refractivity contribution is 7.65. The third kappa shape index (κ3) is 3.43. The molecule has 2 nitrogen and oxygen atoms in total. The van der Waals surface area contributed by atoms with Gasteiger partial charge in [0, 0.05) is 12.3 Å². The molecule has 0 aliphatic heterocycles. The Morgan fingerprint density at radius 1 is 0.923 bits per heavy atom. The van der Waals surface area contributed by atoms with Gasteiger partial charge in [-0.1, -0.05) is 38.3 Å². The highest BCUT2D eigenvalue weighted by atomic mass is 31.1. The van der Waals surface area contributed by atoms with E-state index >= 15 is 0 Å². The van der Waals surface area contributed by atoms with E-state index in [1.807, 2.05) is 0 Å². The maximum absolute atomic E-state index is 3.93. The molecule has 6 N–H and O–H groups in total. The van der Waals surface area contributed by atoms with Gasteiger partial charge in [-0.05, 0) is 5.30 Å². The average Bonchev–Trinajstić information content (AvgIpc) is 2.19. The first-order chi connectivity index (χ1) is 6.38. The van der Waals surface area contributed by atoms with Crippen LogP contribution in [0.4, 0.5) is 0 Å². The fourth-order valence-electron chi connectivity index (χ4n) is 1.39. The predicted octanol–water partition coefficient (Wildman–Crippen LogP) is -0.722. The summed E-state index contributed by atoms with van der Waals surface area (Å²) >= 11 is 0. The molecule has 0 heterocycles. The van der Waals surface area contributed by atoms with Gasteiger partial charge in [0.2, 0.25) is 0 Å². The zero-order valence-electron chi connectivity index (χ0n) is 8.08. The third-order valence-electron chi connectivity index (χ3n) is 1.98. The van der Waals surface area contributed by atoms with Crippen molar-refractivity contribution in [2.75, 3.05) is 25.4 Å². The molecule has 0 saturated heterocycles. The Hall–Kier alpha value is -0.430. The van der Waals surface area contributed by atoms with Crippen molar-refractivity contribution in [1.29, 1.82) is 0 Å². The van der Waals surface area contributed by atoms with Gasteiger partial charge in [0.05, 0.1) is 13.1 Å². The van der Waals surface area contributed by atoms with Crippen LogP contribution in [-0.2, 0) is 0 Å². The Morgan fingerprint density at radius 3 is 1.92 bits per heavy atom. The minimum atomic E-state index is 0.0190. The van der Waals surface area contributed by atoms with E-state index in [4.69, 9.17) is 0 Å². The van der Waals surface area contributed by atoms with Crippen molar-refractivity contribution < 1.29 is 11.5 Å². The van der Waals surface area contributed by atoms with Crippen LogP contribution in [-0.4, -0.2) is 25.4 Å². The molecule has 72 valence electrons. The second-order valence-electron chi connectivity index (χ2n) is 3.03. The Balaban J connectivity index is 2.64. The minimum absolute atomic E-state index is 0.0190. The number of hydrogen-bond acceptors (Lipinski definition) is 0. The van der Waals surface area contributed by atoms with E-state index in [0.29, 0.717) is 0 Å². The minimum Gasteiger partial charge on any atom is -0.357 e. The first kappa shape index (κ1) is 10.6. The lowest BCUT2D eigenvalue weighted by Crippen LogP contribution is -2.54. The summed E-state index contributed by atoms with van der Waals surface area (Å²) in [5, 5.41) is 1.50. The summed E-state index contributed by atoms with van der Waals surface area (Å²) in [5.41, 5.74) is 7.86. The number of rotatable bonds is 5. The summed E-state index contributed by atoms with van der Waals surface area (Å²) in [6.45, 7) is 2.08. The second kappa shape index (κ2) is 6.09. The molecule has 0 radical (unpaired) electrons. The Morgan fingerprint density at radius 2 is 1.46 bits per heavy atom. The first-order valence-corrected chi connectivity index (χ1v) is 6.48. The number of quaternary nitrogens is 2. The molecule has 1 rings (SSSR count). The van der Waals surface area contributed by atoms with Crippen molar-refractivity contribution in [2.24, 2.45) is 0 Å². The van der Waals surface area contributed by atoms with Crippen molar-refractivity contribution in [2.45, 2.75) is 0 Å². The Bertz CT molecular complexity index is 220. The van der Waals surface area contributed by atoms with Gasteiger partial charge in [-0.15, -0.1) is 0 Å². The van der Waals surface area contributed by atoms with E-state index in [-0.39, 0.29) is 7.92 Å². The molecule has 0 amide bonds. The average molecular weight is 198 g/mol. The molecular formula is C10H19N2P+2. The molecule has 0 unspecified atom stereocenters. The van der Waals surface area contributed by atoms with E-state index < -0.39 is 0 Å². The summed E-state index contributed by atoms with van der Waals surface area (Å²) in [7, 11) is 0.0190. The largest absolute Gasteiger partial charge is 0.357 e. The van der Waals surface area contributed by atoms with Crippen LogP contribution in [0.25, 0.3) is 0 Å². The van der Waals surface area contributed by atoms with Crippen molar-refractivity contribution in [3.8, 4) is 0 Å². The number of hydrogen-bond donors (Lipinski definition) is 2. The van der Waals surface area contributed by atoms with Crippen LogP contribution in [0.2, 0.25) is 0 Å². The fraction of sp³-hybridized carbons (Fsp3) is 0.400. The molecule has 1 aromatic carbocycles. The predicted molar refractivity (Wildman–Crippen MR) is 58.2 cm³/mol. The SMILES string of the molecule is [NH3+]CCP(CC[NH3+])c1ccccc1. The van der Waals surface area contributed by atoms with Crippen LogP contribution in [0.5, 0.6) is 0 Å². The molecular weight excluding hydrogens is 179 g/mol. The molecule has 0 spiro atoms. The lowest BCUT2D eigenvalue weighted by atomic mass is 10.4. The van der Waals surface area contributed by atoms with Crippen molar-refractivity contribution in [3.05, 3.63) is 30.3 Å². The summed E-state index contributed by atoms with van der Waals surface area (Å²) in [4.78, 5) is 0. The molecule has 0 aliphatic carbocycles. The summed E-state index contributed by atoms with van der Waals surface area (Å²) in [5.74, 6) is 0. The standard InChI is InChI=1S/C10H17N2P/c11-6-8-13(9-7-12)10-4-2-1-3-5-10/h1-5H,6-9,11-12H2/p+2. The molecule has 0 aromatic heterocycles. The zero-order chi connectivity index (χ0) is 9.52. The van der Waals surface area contributed by atoms with Gasteiger partial charge >= 0.3 is 0 Å². The van der Waals surface area contributed by atoms with Gasteiger partial charge in [-0.2, -0.15) is 0 Å². The quantitative estimate of drug-likeness (QED) is 0.587. The molecule has 13 heavy (non-hydrogen) atoms. The summed E-state index contributed by atoms with van der Waals surface area (Å²) < 4.78 is 0. The van der Waals surface area contributed by atoms with Crippen molar-refractivity contribution in [1.82, 2.24) is 0 Å². The van der Waals surface area contributed by atoms with E-state index in [1.165, 1.54) is 17.6 Å². The first-order valence-electron chi connectivity index (χ1n) is 4.77. The molecule has 0 fully saturated rings. The van der Waals surface area contributed by atoms with Crippen LogP contribution < -0.4 is 16.8 Å². The van der Waals surface area contributed by atoms with Gasteiger partial charge in [0.1, 0.15) is 0 Å². The topological polar surface area (TPSA) is 55.3 Å². The van der Waals surface area contributed by atoms with Crippen LogP contribution in [0.1, 0.15) is 0 Å². The van der Waals surface area contributed by atoms with Crippen LogP contribution in [0.3, 0.4) is 0 Å². The van der Waals surface area contributed by atoms with Gasteiger partial charge < -0.3 is 11.5 Å². The van der Waals surface area contributed by atoms with E-state index in [0.717, 1.165) is 13.1 Å². The Kier molecular flexibility index (Phi) is 4.99. The van der Waals surface area contributed by atoms with Gasteiger partial charge in [0.15, 0.2) is 0 Å². The highest BCUT2D eigenvalue weighted by Crippen LogP contribution is 2.31. The molecule has 3 heteroatoms. The fourth-order valence-corrected chi connectivity index (χ4v) is 3.49. The molecule has 0 atom stereocenters.